The monoisotopic (exact) mass is 192 g/mol. The van der Waals surface area contributed by atoms with E-state index >= 15 is 0 Å². The zero-order valence-corrected chi connectivity index (χ0v) is 8.19. The second-order valence-corrected chi connectivity index (χ2v) is 3.88. The minimum atomic E-state index is -0.215. The Labute approximate surface area is 84.2 Å². The molecule has 1 fully saturated rings. The zero-order valence-electron chi connectivity index (χ0n) is 8.19. The summed E-state index contributed by atoms with van der Waals surface area (Å²) in [6.07, 6.45) is 5.16. The lowest BCUT2D eigenvalue weighted by Crippen LogP contribution is -2.24. The Bertz CT molecular complexity index is 270. The Kier molecular flexibility index (Phi) is 3.11. The third-order valence-electron chi connectivity index (χ3n) is 2.84. The molecule has 2 atom stereocenters. The van der Waals surface area contributed by atoms with Gasteiger partial charge in [0.05, 0.1) is 6.10 Å². The summed E-state index contributed by atoms with van der Waals surface area (Å²) >= 11 is 0. The highest BCUT2D eigenvalue weighted by molar-refractivity contribution is 5.11. The van der Waals surface area contributed by atoms with Crippen molar-refractivity contribution in [3.63, 3.8) is 0 Å². The van der Waals surface area contributed by atoms with E-state index in [-0.39, 0.29) is 6.10 Å². The molecule has 14 heavy (non-hydrogen) atoms. The Balaban J connectivity index is 1.90. The molecule has 3 heteroatoms. The molecule has 76 valence electrons. The summed E-state index contributed by atoms with van der Waals surface area (Å²) in [4.78, 5) is 3.96. The van der Waals surface area contributed by atoms with Gasteiger partial charge in [-0.3, -0.25) is 4.98 Å². The fourth-order valence-electron chi connectivity index (χ4n) is 1.93. The first-order valence-electron chi connectivity index (χ1n) is 5.14. The van der Waals surface area contributed by atoms with Crippen molar-refractivity contribution in [3.05, 3.63) is 30.1 Å². The summed E-state index contributed by atoms with van der Waals surface area (Å²) in [6.45, 7) is 1.99. The van der Waals surface area contributed by atoms with Crippen LogP contribution in [0.4, 0.5) is 0 Å². The van der Waals surface area contributed by atoms with Crippen LogP contribution in [-0.4, -0.2) is 29.3 Å². The standard InChI is InChI=1S/C11H16N2O/c14-11(10-3-6-13-8-10)7-9-1-4-12-5-2-9/h1-2,4-5,10-11,13-14H,3,6-8H2/t10-,11?/m0/s1. The first kappa shape index (κ1) is 9.62. The van der Waals surface area contributed by atoms with Gasteiger partial charge in [0.2, 0.25) is 0 Å². The van der Waals surface area contributed by atoms with Gasteiger partial charge in [-0.25, -0.2) is 0 Å². The maximum absolute atomic E-state index is 9.94. The molecule has 0 bridgehead atoms. The van der Waals surface area contributed by atoms with Gasteiger partial charge in [-0.2, -0.15) is 0 Å². The van der Waals surface area contributed by atoms with Gasteiger partial charge in [0.25, 0.3) is 0 Å². The molecule has 1 aliphatic heterocycles. The summed E-state index contributed by atoms with van der Waals surface area (Å²) in [5.74, 6) is 0.420. The minimum absolute atomic E-state index is 0.215. The molecule has 2 N–H and O–H groups in total. The van der Waals surface area contributed by atoms with E-state index in [0.717, 1.165) is 25.9 Å². The van der Waals surface area contributed by atoms with Crippen LogP contribution >= 0.6 is 0 Å². The molecule has 0 aliphatic carbocycles. The summed E-state index contributed by atoms with van der Waals surface area (Å²) in [5, 5.41) is 13.2. The van der Waals surface area contributed by atoms with Crippen molar-refractivity contribution in [3.8, 4) is 0 Å². The molecular formula is C11H16N2O. The van der Waals surface area contributed by atoms with E-state index < -0.39 is 0 Å². The SMILES string of the molecule is OC(Cc1ccncc1)[C@H]1CCNC1. The van der Waals surface area contributed by atoms with Gasteiger partial charge in [0, 0.05) is 18.9 Å². The Hall–Kier alpha value is -0.930. The van der Waals surface area contributed by atoms with Crippen LogP contribution < -0.4 is 5.32 Å². The van der Waals surface area contributed by atoms with Crippen molar-refractivity contribution >= 4 is 0 Å². The maximum Gasteiger partial charge on any atom is 0.0621 e. The average molecular weight is 192 g/mol. The number of hydrogen-bond acceptors (Lipinski definition) is 3. The van der Waals surface area contributed by atoms with Gasteiger partial charge in [0.15, 0.2) is 0 Å². The van der Waals surface area contributed by atoms with Gasteiger partial charge in [-0.1, -0.05) is 0 Å². The molecule has 0 saturated carbocycles. The highest BCUT2D eigenvalue weighted by Gasteiger charge is 2.22. The van der Waals surface area contributed by atoms with Crippen LogP contribution in [0.15, 0.2) is 24.5 Å². The lowest BCUT2D eigenvalue weighted by molar-refractivity contribution is 0.117. The van der Waals surface area contributed by atoms with Crippen LogP contribution in [0.1, 0.15) is 12.0 Å². The second-order valence-electron chi connectivity index (χ2n) is 3.88. The number of aromatic nitrogens is 1. The fraction of sp³-hybridized carbons (Fsp3) is 0.545. The van der Waals surface area contributed by atoms with Gasteiger partial charge >= 0.3 is 0 Å². The predicted molar refractivity (Wildman–Crippen MR) is 54.9 cm³/mol. The number of pyridine rings is 1. The summed E-state index contributed by atoms with van der Waals surface area (Å²) in [7, 11) is 0. The first-order valence-corrected chi connectivity index (χ1v) is 5.14. The normalized spacial score (nSPS) is 23.6. The molecule has 2 heterocycles. The first-order chi connectivity index (χ1) is 6.86. The predicted octanol–water partition coefficient (Wildman–Crippen LogP) is 0.594. The third-order valence-corrected chi connectivity index (χ3v) is 2.84. The molecule has 2 rings (SSSR count). The van der Waals surface area contributed by atoms with Crippen LogP contribution in [0, 0.1) is 5.92 Å². The smallest absolute Gasteiger partial charge is 0.0621 e. The lowest BCUT2D eigenvalue weighted by atomic mass is 9.96. The van der Waals surface area contributed by atoms with E-state index in [4.69, 9.17) is 0 Å². The zero-order chi connectivity index (χ0) is 9.80. The molecular weight excluding hydrogens is 176 g/mol. The Morgan fingerprint density at radius 3 is 2.93 bits per heavy atom. The summed E-state index contributed by atoms with van der Waals surface area (Å²) < 4.78 is 0. The van der Waals surface area contributed by atoms with Gasteiger partial charge in [0.1, 0.15) is 0 Å². The van der Waals surface area contributed by atoms with Crippen molar-refractivity contribution in [1.29, 1.82) is 0 Å². The largest absolute Gasteiger partial charge is 0.392 e. The number of hydrogen-bond donors (Lipinski definition) is 2. The van der Waals surface area contributed by atoms with Gasteiger partial charge in [-0.05, 0) is 43.0 Å². The van der Waals surface area contributed by atoms with Crippen LogP contribution in [0.2, 0.25) is 0 Å². The average Bonchev–Trinajstić information content (AvgIpc) is 2.72. The van der Waals surface area contributed by atoms with Crippen LogP contribution in [-0.2, 0) is 6.42 Å². The number of aliphatic hydroxyl groups is 1. The molecule has 1 unspecified atom stereocenters. The molecule has 1 aromatic heterocycles. The van der Waals surface area contributed by atoms with E-state index in [1.807, 2.05) is 12.1 Å². The minimum Gasteiger partial charge on any atom is -0.392 e. The fourth-order valence-corrected chi connectivity index (χ4v) is 1.93. The number of nitrogens with one attached hydrogen (secondary N) is 1. The van der Waals surface area contributed by atoms with Crippen LogP contribution in [0.3, 0.4) is 0 Å². The van der Waals surface area contributed by atoms with Gasteiger partial charge < -0.3 is 10.4 Å². The lowest BCUT2D eigenvalue weighted by Gasteiger charge is -2.16. The van der Waals surface area contributed by atoms with Gasteiger partial charge in [-0.15, -0.1) is 0 Å². The molecule has 1 saturated heterocycles. The van der Waals surface area contributed by atoms with Crippen LogP contribution in [0.25, 0.3) is 0 Å². The quantitative estimate of drug-likeness (QED) is 0.737. The summed E-state index contributed by atoms with van der Waals surface area (Å²) in [6, 6.07) is 3.93. The van der Waals surface area contributed by atoms with Crippen molar-refractivity contribution in [2.45, 2.75) is 18.9 Å². The van der Waals surface area contributed by atoms with Crippen molar-refractivity contribution in [1.82, 2.24) is 10.3 Å². The number of rotatable bonds is 3. The number of aliphatic hydroxyl groups excluding tert-OH is 1. The molecule has 1 aromatic rings. The summed E-state index contributed by atoms with van der Waals surface area (Å²) in [5.41, 5.74) is 1.17. The molecule has 0 amide bonds. The van der Waals surface area contributed by atoms with E-state index in [1.165, 1.54) is 5.56 Å². The van der Waals surface area contributed by atoms with Crippen molar-refractivity contribution < 1.29 is 5.11 Å². The number of nitrogens with zero attached hydrogens (tertiary/aromatic N) is 1. The van der Waals surface area contributed by atoms with E-state index in [0.29, 0.717) is 5.92 Å². The van der Waals surface area contributed by atoms with Crippen LogP contribution in [0.5, 0.6) is 0 Å². The molecule has 0 aromatic carbocycles. The topological polar surface area (TPSA) is 45.2 Å². The van der Waals surface area contributed by atoms with E-state index in [1.54, 1.807) is 12.4 Å². The second kappa shape index (κ2) is 4.53. The van der Waals surface area contributed by atoms with E-state index in [9.17, 15) is 5.11 Å². The van der Waals surface area contributed by atoms with Crippen molar-refractivity contribution in [2.24, 2.45) is 5.92 Å². The Morgan fingerprint density at radius 2 is 2.29 bits per heavy atom. The molecule has 0 spiro atoms. The molecule has 3 nitrogen and oxygen atoms in total. The van der Waals surface area contributed by atoms with E-state index in [2.05, 4.69) is 10.3 Å². The highest BCUT2D eigenvalue weighted by Crippen LogP contribution is 2.16. The Morgan fingerprint density at radius 1 is 1.50 bits per heavy atom. The highest BCUT2D eigenvalue weighted by atomic mass is 16.3. The van der Waals surface area contributed by atoms with Crippen molar-refractivity contribution in [2.75, 3.05) is 13.1 Å². The molecule has 1 aliphatic rings. The molecule has 0 radical (unpaired) electrons. The third kappa shape index (κ3) is 2.30. The maximum atomic E-state index is 9.94.